The van der Waals surface area contributed by atoms with Crippen molar-refractivity contribution in [1.82, 2.24) is 14.9 Å². The first-order valence-electron chi connectivity index (χ1n) is 7.98. The standard InChI is InChI=1S/C15H22N4O4/c16-15-17-12-7-19(5-4-11(12)14(21)18-15)13(20)9-22-8-10-3-1-2-6-23-10/h10H,1-9H2,(H3,16,17,18,21)/t10-/m1/s1. The van der Waals surface area contributed by atoms with E-state index in [0.29, 0.717) is 37.4 Å². The number of nitrogens with one attached hydrogen (secondary N) is 1. The minimum absolute atomic E-state index is 0.0217. The summed E-state index contributed by atoms with van der Waals surface area (Å²) in [5, 5.41) is 0. The Hall–Kier alpha value is -1.93. The summed E-state index contributed by atoms with van der Waals surface area (Å²) in [6.45, 7) is 2.02. The molecule has 0 aromatic carbocycles. The molecule has 3 heterocycles. The number of nitrogens with zero attached hydrogens (tertiary/aromatic N) is 2. The van der Waals surface area contributed by atoms with Crippen LogP contribution in [0.4, 0.5) is 5.95 Å². The summed E-state index contributed by atoms with van der Waals surface area (Å²) in [4.78, 5) is 32.3. The second-order valence-electron chi connectivity index (χ2n) is 5.95. The zero-order chi connectivity index (χ0) is 16.2. The predicted octanol–water partition coefficient (Wildman–Crippen LogP) is -0.177. The van der Waals surface area contributed by atoms with Crippen molar-refractivity contribution < 1.29 is 14.3 Å². The van der Waals surface area contributed by atoms with Gasteiger partial charge in [-0.2, -0.15) is 0 Å². The van der Waals surface area contributed by atoms with Gasteiger partial charge in [-0.15, -0.1) is 0 Å². The van der Waals surface area contributed by atoms with E-state index in [1.165, 1.54) is 0 Å². The van der Waals surface area contributed by atoms with Gasteiger partial charge in [0.1, 0.15) is 6.61 Å². The Balaban J connectivity index is 1.51. The van der Waals surface area contributed by atoms with Gasteiger partial charge in [0.25, 0.3) is 5.56 Å². The van der Waals surface area contributed by atoms with Crippen LogP contribution < -0.4 is 11.3 Å². The van der Waals surface area contributed by atoms with Crippen molar-refractivity contribution in [3.8, 4) is 0 Å². The lowest BCUT2D eigenvalue weighted by atomic mass is 10.1. The summed E-state index contributed by atoms with van der Waals surface area (Å²) < 4.78 is 11.1. The molecule has 126 valence electrons. The topological polar surface area (TPSA) is 111 Å². The van der Waals surface area contributed by atoms with Gasteiger partial charge in [-0.05, 0) is 25.7 Å². The van der Waals surface area contributed by atoms with E-state index in [4.69, 9.17) is 15.2 Å². The van der Waals surface area contributed by atoms with E-state index in [2.05, 4.69) is 9.97 Å². The van der Waals surface area contributed by atoms with E-state index < -0.39 is 0 Å². The van der Waals surface area contributed by atoms with Crippen molar-refractivity contribution in [2.75, 3.05) is 32.1 Å². The van der Waals surface area contributed by atoms with Gasteiger partial charge in [-0.25, -0.2) is 4.98 Å². The molecule has 2 aliphatic rings. The Labute approximate surface area is 134 Å². The third kappa shape index (κ3) is 3.89. The number of H-pyrrole nitrogens is 1. The Morgan fingerprint density at radius 1 is 1.48 bits per heavy atom. The van der Waals surface area contributed by atoms with Crippen LogP contribution in [0.25, 0.3) is 0 Å². The van der Waals surface area contributed by atoms with Gasteiger partial charge in [0, 0.05) is 18.7 Å². The predicted molar refractivity (Wildman–Crippen MR) is 82.8 cm³/mol. The van der Waals surface area contributed by atoms with E-state index in [0.717, 1.165) is 25.9 Å². The van der Waals surface area contributed by atoms with Crippen molar-refractivity contribution in [3.05, 3.63) is 21.6 Å². The first-order valence-corrected chi connectivity index (χ1v) is 7.98. The number of hydrogen-bond acceptors (Lipinski definition) is 6. The Kier molecular flexibility index (Phi) is 4.92. The van der Waals surface area contributed by atoms with Crippen LogP contribution in [0.2, 0.25) is 0 Å². The number of aromatic nitrogens is 2. The highest BCUT2D eigenvalue weighted by Gasteiger charge is 2.24. The average molecular weight is 322 g/mol. The molecule has 1 aromatic heterocycles. The van der Waals surface area contributed by atoms with Gasteiger partial charge in [-0.1, -0.05) is 0 Å². The minimum atomic E-state index is -0.217. The summed E-state index contributed by atoms with van der Waals surface area (Å²) in [6.07, 6.45) is 3.80. The number of anilines is 1. The summed E-state index contributed by atoms with van der Waals surface area (Å²) in [6, 6.07) is 0. The van der Waals surface area contributed by atoms with Gasteiger partial charge in [0.2, 0.25) is 11.9 Å². The zero-order valence-electron chi connectivity index (χ0n) is 13.0. The van der Waals surface area contributed by atoms with Crippen molar-refractivity contribution in [3.63, 3.8) is 0 Å². The molecule has 2 aliphatic heterocycles. The lowest BCUT2D eigenvalue weighted by molar-refractivity contribution is -0.139. The fraction of sp³-hybridized carbons (Fsp3) is 0.667. The van der Waals surface area contributed by atoms with Crippen LogP contribution in [0.1, 0.15) is 30.5 Å². The number of ether oxygens (including phenoxy) is 2. The number of nitrogens with two attached hydrogens (primary N) is 1. The number of amides is 1. The van der Waals surface area contributed by atoms with E-state index in [1.807, 2.05) is 0 Å². The van der Waals surface area contributed by atoms with Gasteiger partial charge in [0.05, 0.1) is 24.9 Å². The number of hydrogen-bond donors (Lipinski definition) is 2. The van der Waals surface area contributed by atoms with Crippen molar-refractivity contribution >= 4 is 11.9 Å². The van der Waals surface area contributed by atoms with Crippen molar-refractivity contribution in [2.24, 2.45) is 0 Å². The summed E-state index contributed by atoms with van der Waals surface area (Å²) >= 11 is 0. The van der Waals surface area contributed by atoms with E-state index in [1.54, 1.807) is 4.90 Å². The molecule has 0 unspecified atom stereocenters. The second-order valence-corrected chi connectivity index (χ2v) is 5.95. The molecule has 0 bridgehead atoms. The molecule has 1 atom stereocenters. The monoisotopic (exact) mass is 322 g/mol. The van der Waals surface area contributed by atoms with Crippen LogP contribution in [-0.2, 0) is 27.2 Å². The van der Waals surface area contributed by atoms with E-state index in [9.17, 15) is 9.59 Å². The smallest absolute Gasteiger partial charge is 0.255 e. The fourth-order valence-corrected chi connectivity index (χ4v) is 2.98. The molecule has 1 saturated heterocycles. The quantitative estimate of drug-likeness (QED) is 0.796. The first kappa shape index (κ1) is 15.9. The summed E-state index contributed by atoms with van der Waals surface area (Å²) in [7, 11) is 0. The number of carbonyl (C=O) groups is 1. The molecular formula is C15H22N4O4. The van der Waals surface area contributed by atoms with Gasteiger partial charge in [0.15, 0.2) is 0 Å². The minimum Gasteiger partial charge on any atom is -0.376 e. The molecule has 0 spiro atoms. The third-order valence-corrected chi connectivity index (χ3v) is 4.25. The molecule has 1 fully saturated rings. The Morgan fingerprint density at radius 2 is 2.35 bits per heavy atom. The highest BCUT2D eigenvalue weighted by Crippen LogP contribution is 2.15. The Morgan fingerprint density at radius 3 is 3.13 bits per heavy atom. The lowest BCUT2D eigenvalue weighted by Gasteiger charge is -2.28. The SMILES string of the molecule is Nc1nc2c(c(=O)[nH]1)CCN(C(=O)COC[C@H]1CCCCO1)C2. The van der Waals surface area contributed by atoms with Crippen LogP contribution >= 0.6 is 0 Å². The molecule has 8 heteroatoms. The number of nitrogen functional groups attached to an aromatic ring is 1. The second kappa shape index (κ2) is 7.10. The molecule has 8 nitrogen and oxygen atoms in total. The van der Waals surface area contributed by atoms with E-state index >= 15 is 0 Å². The van der Waals surface area contributed by atoms with Crippen LogP contribution in [0.15, 0.2) is 4.79 Å². The number of fused-ring (bicyclic) bond motifs is 1. The third-order valence-electron chi connectivity index (χ3n) is 4.25. The average Bonchev–Trinajstić information content (AvgIpc) is 2.55. The molecule has 0 saturated carbocycles. The molecule has 0 aliphatic carbocycles. The maximum absolute atomic E-state index is 12.2. The van der Waals surface area contributed by atoms with Gasteiger partial charge in [-0.3, -0.25) is 14.6 Å². The lowest BCUT2D eigenvalue weighted by Crippen LogP contribution is -2.41. The molecular weight excluding hydrogens is 300 g/mol. The summed E-state index contributed by atoms with van der Waals surface area (Å²) in [5.74, 6) is -0.0270. The molecule has 1 amide bonds. The van der Waals surface area contributed by atoms with Gasteiger partial charge < -0.3 is 20.1 Å². The van der Waals surface area contributed by atoms with Crippen LogP contribution in [0.5, 0.6) is 0 Å². The van der Waals surface area contributed by atoms with Crippen molar-refractivity contribution in [2.45, 2.75) is 38.3 Å². The van der Waals surface area contributed by atoms with E-state index in [-0.39, 0.29) is 30.1 Å². The van der Waals surface area contributed by atoms with Crippen LogP contribution in [0, 0.1) is 0 Å². The summed E-state index contributed by atoms with van der Waals surface area (Å²) in [5.41, 5.74) is 6.52. The zero-order valence-corrected chi connectivity index (χ0v) is 13.0. The number of carbonyl (C=O) groups excluding carboxylic acids is 1. The maximum atomic E-state index is 12.2. The largest absolute Gasteiger partial charge is 0.376 e. The maximum Gasteiger partial charge on any atom is 0.255 e. The highest BCUT2D eigenvalue weighted by molar-refractivity contribution is 5.77. The molecule has 1 aromatic rings. The molecule has 3 N–H and O–H groups in total. The van der Waals surface area contributed by atoms with Crippen LogP contribution in [-0.4, -0.2) is 53.2 Å². The number of rotatable bonds is 4. The van der Waals surface area contributed by atoms with Gasteiger partial charge >= 0.3 is 0 Å². The van der Waals surface area contributed by atoms with Crippen LogP contribution in [0.3, 0.4) is 0 Å². The molecule has 3 rings (SSSR count). The highest BCUT2D eigenvalue weighted by atomic mass is 16.5. The molecule has 0 radical (unpaired) electrons. The normalized spacial score (nSPS) is 21.0. The Bertz CT molecular complexity index is 624. The first-order chi connectivity index (χ1) is 11.1. The number of aromatic amines is 1. The van der Waals surface area contributed by atoms with Crippen molar-refractivity contribution in [1.29, 1.82) is 0 Å². The fourth-order valence-electron chi connectivity index (χ4n) is 2.98. The molecule has 23 heavy (non-hydrogen) atoms.